The van der Waals surface area contributed by atoms with Crippen LogP contribution >= 0.6 is 0 Å². The number of phenols is 1. The number of nitro groups is 1. The van der Waals surface area contributed by atoms with E-state index in [9.17, 15) is 15.2 Å². The summed E-state index contributed by atoms with van der Waals surface area (Å²) in [5.41, 5.74) is 0.678. The summed E-state index contributed by atoms with van der Waals surface area (Å²) in [6, 6.07) is 5.77. The Bertz CT molecular complexity index is 549. The molecule has 0 amide bonds. The van der Waals surface area contributed by atoms with Crippen molar-refractivity contribution in [3.8, 4) is 5.75 Å². The minimum Gasteiger partial charge on any atom is -0.502 e. The summed E-state index contributed by atoms with van der Waals surface area (Å²) < 4.78 is 0. The van der Waals surface area contributed by atoms with Crippen molar-refractivity contribution >= 4 is 5.69 Å². The van der Waals surface area contributed by atoms with Gasteiger partial charge in [-0.25, -0.2) is 0 Å². The van der Waals surface area contributed by atoms with Gasteiger partial charge in [0.05, 0.1) is 4.92 Å². The van der Waals surface area contributed by atoms with Crippen molar-refractivity contribution in [1.82, 2.24) is 9.80 Å². The molecule has 0 saturated carbocycles. The summed E-state index contributed by atoms with van der Waals surface area (Å²) in [7, 11) is 0. The molecule has 0 aliphatic carbocycles. The predicted octanol–water partition coefficient (Wildman–Crippen LogP) is 1.97. The summed E-state index contributed by atoms with van der Waals surface area (Å²) in [4.78, 5) is 15.3. The fourth-order valence-corrected chi connectivity index (χ4v) is 3.65. The van der Waals surface area contributed by atoms with Gasteiger partial charge in [-0.05, 0) is 37.9 Å². The normalized spacial score (nSPS) is 26.7. The van der Waals surface area contributed by atoms with E-state index in [-0.39, 0.29) is 11.4 Å². The first-order valence-corrected chi connectivity index (χ1v) is 7.50. The Balaban J connectivity index is 1.74. The quantitative estimate of drug-likeness (QED) is 0.681. The number of aromatic hydroxyl groups is 1. The van der Waals surface area contributed by atoms with Gasteiger partial charge >= 0.3 is 5.69 Å². The number of hydrogen-bond donors (Lipinski definition) is 1. The van der Waals surface area contributed by atoms with Crippen molar-refractivity contribution in [3.63, 3.8) is 0 Å². The monoisotopic (exact) mass is 291 g/mol. The number of fused-ring (bicyclic) bond motifs is 1. The van der Waals surface area contributed by atoms with E-state index in [0.29, 0.717) is 18.6 Å². The lowest BCUT2D eigenvalue weighted by Gasteiger charge is -2.43. The molecule has 0 radical (unpaired) electrons. The topological polar surface area (TPSA) is 69.8 Å². The molecule has 21 heavy (non-hydrogen) atoms. The van der Waals surface area contributed by atoms with Gasteiger partial charge in [-0.2, -0.15) is 0 Å². The molecule has 2 atom stereocenters. The number of nitro benzene ring substituents is 1. The molecule has 1 N–H and O–H groups in total. The van der Waals surface area contributed by atoms with Gasteiger partial charge < -0.3 is 5.11 Å². The summed E-state index contributed by atoms with van der Waals surface area (Å²) in [6.45, 7) is 6.22. The zero-order chi connectivity index (χ0) is 15.0. The van der Waals surface area contributed by atoms with Gasteiger partial charge in [0.2, 0.25) is 0 Å². The van der Waals surface area contributed by atoms with Gasteiger partial charge in [-0.3, -0.25) is 19.9 Å². The molecular formula is C15H21N3O3. The van der Waals surface area contributed by atoms with E-state index < -0.39 is 4.92 Å². The third-order valence-electron chi connectivity index (χ3n) is 4.84. The van der Waals surface area contributed by atoms with E-state index in [1.165, 1.54) is 31.5 Å². The molecule has 1 aromatic rings. The Kier molecular flexibility index (Phi) is 3.82. The maximum atomic E-state index is 10.9. The van der Waals surface area contributed by atoms with Crippen LogP contribution in [0.1, 0.15) is 25.3 Å². The molecule has 0 aromatic heterocycles. The van der Waals surface area contributed by atoms with E-state index in [1.54, 1.807) is 6.07 Å². The van der Waals surface area contributed by atoms with Crippen LogP contribution in [0.2, 0.25) is 0 Å². The Morgan fingerprint density at radius 2 is 2.19 bits per heavy atom. The van der Waals surface area contributed by atoms with Crippen LogP contribution in [0.15, 0.2) is 18.2 Å². The SMILES string of the molecule is C[C@H]1[C@H]2CCCN2CCN1Cc1ccc(O)c([N+](=O)[O-])c1. The molecule has 6 nitrogen and oxygen atoms in total. The van der Waals surface area contributed by atoms with E-state index in [2.05, 4.69) is 16.7 Å². The lowest BCUT2D eigenvalue weighted by molar-refractivity contribution is -0.385. The Morgan fingerprint density at radius 1 is 1.38 bits per heavy atom. The van der Waals surface area contributed by atoms with Crippen LogP contribution in [-0.2, 0) is 6.54 Å². The molecule has 3 rings (SSSR count). The molecule has 114 valence electrons. The second-order valence-corrected chi connectivity index (χ2v) is 6.04. The molecular weight excluding hydrogens is 270 g/mol. The molecule has 0 unspecified atom stereocenters. The van der Waals surface area contributed by atoms with Gasteiger partial charge in [0, 0.05) is 37.8 Å². The highest BCUT2D eigenvalue weighted by Gasteiger charge is 2.36. The fraction of sp³-hybridized carbons (Fsp3) is 0.600. The van der Waals surface area contributed by atoms with Crippen molar-refractivity contribution in [2.45, 2.75) is 38.4 Å². The zero-order valence-corrected chi connectivity index (χ0v) is 12.2. The number of rotatable bonds is 3. The van der Waals surface area contributed by atoms with Crippen LogP contribution in [0, 0.1) is 10.1 Å². The van der Waals surface area contributed by atoms with Crippen molar-refractivity contribution in [2.24, 2.45) is 0 Å². The van der Waals surface area contributed by atoms with E-state index in [0.717, 1.165) is 18.7 Å². The lowest BCUT2D eigenvalue weighted by Crippen LogP contribution is -2.55. The average molecular weight is 291 g/mol. The van der Waals surface area contributed by atoms with Gasteiger partial charge in [-0.15, -0.1) is 0 Å². The van der Waals surface area contributed by atoms with Crippen LogP contribution in [0.5, 0.6) is 5.75 Å². The lowest BCUT2D eigenvalue weighted by atomic mass is 10.0. The maximum Gasteiger partial charge on any atom is 0.311 e. The van der Waals surface area contributed by atoms with E-state index in [1.807, 2.05) is 0 Å². The molecule has 2 aliphatic heterocycles. The van der Waals surface area contributed by atoms with Crippen LogP contribution < -0.4 is 0 Å². The first-order valence-electron chi connectivity index (χ1n) is 7.50. The Morgan fingerprint density at radius 3 is 2.95 bits per heavy atom. The number of benzene rings is 1. The van der Waals surface area contributed by atoms with Crippen molar-refractivity contribution in [1.29, 1.82) is 0 Å². The average Bonchev–Trinajstić information content (AvgIpc) is 2.93. The molecule has 2 fully saturated rings. The van der Waals surface area contributed by atoms with Gasteiger partial charge in [0.1, 0.15) is 0 Å². The molecule has 2 saturated heterocycles. The number of hydrogen-bond acceptors (Lipinski definition) is 5. The summed E-state index contributed by atoms with van der Waals surface area (Å²) in [5.74, 6) is -0.266. The van der Waals surface area contributed by atoms with Crippen molar-refractivity contribution in [3.05, 3.63) is 33.9 Å². The number of nitrogens with zero attached hydrogens (tertiary/aromatic N) is 3. The predicted molar refractivity (Wildman–Crippen MR) is 79.2 cm³/mol. The first-order chi connectivity index (χ1) is 10.1. The largest absolute Gasteiger partial charge is 0.502 e. The second-order valence-electron chi connectivity index (χ2n) is 6.04. The van der Waals surface area contributed by atoms with Crippen LogP contribution in [0.25, 0.3) is 0 Å². The fourth-order valence-electron chi connectivity index (χ4n) is 3.65. The summed E-state index contributed by atoms with van der Waals surface area (Å²) >= 11 is 0. The minimum atomic E-state index is -0.531. The Labute approximate surface area is 124 Å². The third kappa shape index (κ3) is 2.73. The maximum absolute atomic E-state index is 10.9. The van der Waals surface area contributed by atoms with E-state index >= 15 is 0 Å². The highest BCUT2D eigenvalue weighted by atomic mass is 16.6. The number of piperazine rings is 1. The summed E-state index contributed by atoms with van der Waals surface area (Å²) in [5, 5.41) is 20.4. The second kappa shape index (κ2) is 5.61. The van der Waals surface area contributed by atoms with E-state index in [4.69, 9.17) is 0 Å². The summed E-state index contributed by atoms with van der Waals surface area (Å²) in [6.07, 6.45) is 2.51. The van der Waals surface area contributed by atoms with Gasteiger partial charge in [0.25, 0.3) is 0 Å². The zero-order valence-electron chi connectivity index (χ0n) is 12.2. The molecule has 1 aromatic carbocycles. The standard InChI is InChI=1S/C15H21N3O3/c1-11-13-3-2-6-16(13)7-8-17(11)10-12-4-5-15(19)14(9-12)18(20)21/h4-5,9,11,13,19H,2-3,6-8,10H2,1H3/t11-,13+/m0/s1. The highest BCUT2D eigenvalue weighted by Crippen LogP contribution is 2.30. The molecule has 2 aliphatic rings. The van der Waals surface area contributed by atoms with Crippen molar-refractivity contribution in [2.75, 3.05) is 19.6 Å². The molecule has 0 spiro atoms. The Hall–Kier alpha value is -1.66. The third-order valence-corrected chi connectivity index (χ3v) is 4.84. The minimum absolute atomic E-state index is 0.209. The van der Waals surface area contributed by atoms with Gasteiger partial charge in [-0.1, -0.05) is 6.07 Å². The first kappa shape index (κ1) is 14.3. The molecule has 6 heteroatoms. The van der Waals surface area contributed by atoms with Crippen molar-refractivity contribution < 1.29 is 10.0 Å². The van der Waals surface area contributed by atoms with Crippen LogP contribution in [0.4, 0.5) is 5.69 Å². The number of phenolic OH excluding ortho intramolecular Hbond substituents is 1. The highest BCUT2D eigenvalue weighted by molar-refractivity contribution is 5.47. The smallest absolute Gasteiger partial charge is 0.311 e. The van der Waals surface area contributed by atoms with Gasteiger partial charge in [0.15, 0.2) is 5.75 Å². The molecule has 2 heterocycles. The molecule has 0 bridgehead atoms. The van der Waals surface area contributed by atoms with Crippen LogP contribution in [-0.4, -0.2) is 51.5 Å². The van der Waals surface area contributed by atoms with Crippen LogP contribution in [0.3, 0.4) is 0 Å².